The van der Waals surface area contributed by atoms with Crippen molar-refractivity contribution in [2.45, 2.75) is 32.7 Å². The maximum atomic E-state index is 3.64. The van der Waals surface area contributed by atoms with E-state index in [2.05, 4.69) is 55.4 Å². The van der Waals surface area contributed by atoms with Crippen molar-refractivity contribution in [2.24, 2.45) is 5.92 Å². The van der Waals surface area contributed by atoms with Gasteiger partial charge >= 0.3 is 0 Å². The number of likely N-dealkylation sites (tertiary alicyclic amines) is 1. The van der Waals surface area contributed by atoms with Gasteiger partial charge in [0.05, 0.1) is 0 Å². The molecule has 0 spiro atoms. The fourth-order valence-electron chi connectivity index (χ4n) is 2.56. The number of hydrogen-bond acceptors (Lipinski definition) is 2. The van der Waals surface area contributed by atoms with Gasteiger partial charge in [-0.3, -0.25) is 0 Å². The zero-order valence-electron chi connectivity index (χ0n) is 11.2. The number of nitrogens with zero attached hydrogens (tertiary/aromatic N) is 1. The normalized spacial score (nSPS) is 20.2. The van der Waals surface area contributed by atoms with Crippen molar-refractivity contribution in [1.29, 1.82) is 0 Å². The predicted molar refractivity (Wildman–Crippen MR) is 74.5 cm³/mol. The molecule has 1 unspecified atom stereocenters. The largest absolute Gasteiger partial charge is 0.382 e. The first-order valence-corrected chi connectivity index (χ1v) is 6.67. The Hall–Kier alpha value is -1.02. The summed E-state index contributed by atoms with van der Waals surface area (Å²) in [6.45, 7) is 6.93. The van der Waals surface area contributed by atoms with E-state index in [0.29, 0.717) is 6.04 Å². The predicted octanol–water partition coefficient (Wildman–Crippen LogP) is 3.14. The van der Waals surface area contributed by atoms with Gasteiger partial charge in [-0.1, -0.05) is 17.7 Å². The van der Waals surface area contributed by atoms with Crippen LogP contribution in [0.25, 0.3) is 0 Å². The van der Waals surface area contributed by atoms with E-state index in [1.165, 1.54) is 37.2 Å². The van der Waals surface area contributed by atoms with Gasteiger partial charge in [-0.05, 0) is 64.9 Å². The molecule has 0 aliphatic carbocycles. The van der Waals surface area contributed by atoms with Gasteiger partial charge < -0.3 is 10.2 Å². The molecule has 94 valence electrons. The third-order valence-corrected chi connectivity index (χ3v) is 3.92. The highest BCUT2D eigenvalue weighted by molar-refractivity contribution is 5.45. The SMILES string of the molecule is Cc1ccc(NC(C)C2CCN(C)CC2)cc1. The van der Waals surface area contributed by atoms with Crippen LogP contribution in [0.15, 0.2) is 24.3 Å². The maximum Gasteiger partial charge on any atom is 0.0342 e. The van der Waals surface area contributed by atoms with E-state index >= 15 is 0 Å². The van der Waals surface area contributed by atoms with Crippen molar-refractivity contribution < 1.29 is 0 Å². The van der Waals surface area contributed by atoms with Gasteiger partial charge in [0.2, 0.25) is 0 Å². The van der Waals surface area contributed by atoms with Crippen LogP contribution in [0.3, 0.4) is 0 Å². The molecule has 1 atom stereocenters. The molecule has 0 bridgehead atoms. The van der Waals surface area contributed by atoms with Gasteiger partial charge in [-0.2, -0.15) is 0 Å². The summed E-state index contributed by atoms with van der Waals surface area (Å²) in [5.74, 6) is 0.813. The van der Waals surface area contributed by atoms with Crippen molar-refractivity contribution >= 4 is 5.69 Å². The molecule has 0 saturated carbocycles. The molecule has 2 heteroatoms. The Balaban J connectivity index is 1.88. The molecule has 1 aromatic rings. The summed E-state index contributed by atoms with van der Waals surface area (Å²) in [5, 5.41) is 3.64. The van der Waals surface area contributed by atoms with E-state index in [9.17, 15) is 0 Å². The van der Waals surface area contributed by atoms with Crippen LogP contribution < -0.4 is 5.32 Å². The minimum Gasteiger partial charge on any atom is -0.382 e. The molecular formula is C15H24N2. The summed E-state index contributed by atoms with van der Waals surface area (Å²) in [6.07, 6.45) is 2.63. The molecular weight excluding hydrogens is 208 g/mol. The van der Waals surface area contributed by atoms with E-state index < -0.39 is 0 Å². The van der Waals surface area contributed by atoms with Crippen LogP contribution >= 0.6 is 0 Å². The van der Waals surface area contributed by atoms with E-state index in [0.717, 1.165) is 5.92 Å². The van der Waals surface area contributed by atoms with Crippen LogP contribution in [0.4, 0.5) is 5.69 Å². The van der Waals surface area contributed by atoms with Crippen molar-refractivity contribution in [3.05, 3.63) is 29.8 Å². The molecule has 1 aliphatic rings. The summed E-state index contributed by atoms with van der Waals surface area (Å²) < 4.78 is 0. The molecule has 1 N–H and O–H groups in total. The zero-order chi connectivity index (χ0) is 12.3. The molecule has 1 heterocycles. The van der Waals surface area contributed by atoms with Gasteiger partial charge in [0.1, 0.15) is 0 Å². The molecule has 0 radical (unpaired) electrons. The number of nitrogens with one attached hydrogen (secondary N) is 1. The summed E-state index contributed by atoms with van der Waals surface area (Å²) in [7, 11) is 2.22. The maximum absolute atomic E-state index is 3.64. The zero-order valence-corrected chi connectivity index (χ0v) is 11.2. The van der Waals surface area contributed by atoms with Gasteiger partial charge in [-0.25, -0.2) is 0 Å². The smallest absolute Gasteiger partial charge is 0.0342 e. The Kier molecular flexibility index (Phi) is 4.06. The second-order valence-corrected chi connectivity index (χ2v) is 5.44. The monoisotopic (exact) mass is 232 g/mol. The highest BCUT2D eigenvalue weighted by atomic mass is 15.1. The van der Waals surface area contributed by atoms with Crippen molar-refractivity contribution in [3.63, 3.8) is 0 Å². The molecule has 17 heavy (non-hydrogen) atoms. The molecule has 2 nitrogen and oxygen atoms in total. The minimum atomic E-state index is 0.575. The van der Waals surface area contributed by atoms with Crippen molar-refractivity contribution in [3.8, 4) is 0 Å². The highest BCUT2D eigenvalue weighted by Gasteiger charge is 2.21. The van der Waals surface area contributed by atoms with E-state index in [4.69, 9.17) is 0 Å². The standard InChI is InChI=1S/C15H24N2/c1-12-4-6-15(7-5-12)16-13(2)14-8-10-17(3)11-9-14/h4-7,13-14,16H,8-11H2,1-3H3. The van der Waals surface area contributed by atoms with Crippen molar-refractivity contribution in [2.75, 3.05) is 25.5 Å². The van der Waals surface area contributed by atoms with Gasteiger partial charge in [0.15, 0.2) is 0 Å². The van der Waals surface area contributed by atoms with E-state index in [1.807, 2.05) is 0 Å². The number of aryl methyl sites for hydroxylation is 1. The third kappa shape index (κ3) is 3.47. The second-order valence-electron chi connectivity index (χ2n) is 5.44. The summed E-state index contributed by atoms with van der Waals surface area (Å²) in [5.41, 5.74) is 2.57. The molecule has 2 rings (SSSR count). The first-order chi connectivity index (χ1) is 8.15. The lowest BCUT2D eigenvalue weighted by Crippen LogP contribution is -2.37. The number of hydrogen-bond donors (Lipinski definition) is 1. The summed E-state index contributed by atoms with van der Waals surface area (Å²) in [6, 6.07) is 9.28. The number of rotatable bonds is 3. The second kappa shape index (κ2) is 5.54. The highest BCUT2D eigenvalue weighted by Crippen LogP contribution is 2.22. The van der Waals surface area contributed by atoms with Gasteiger partial charge in [-0.15, -0.1) is 0 Å². The van der Waals surface area contributed by atoms with Gasteiger partial charge in [0, 0.05) is 11.7 Å². The molecule has 0 amide bonds. The Bertz CT molecular complexity index is 336. The quantitative estimate of drug-likeness (QED) is 0.861. The van der Waals surface area contributed by atoms with Crippen LogP contribution in [0.5, 0.6) is 0 Å². The van der Waals surface area contributed by atoms with E-state index in [1.54, 1.807) is 0 Å². The molecule has 0 aromatic heterocycles. The first-order valence-electron chi connectivity index (χ1n) is 6.67. The molecule has 1 aromatic carbocycles. The lowest BCUT2D eigenvalue weighted by Gasteiger charge is -2.33. The molecule has 1 saturated heterocycles. The lowest BCUT2D eigenvalue weighted by molar-refractivity contribution is 0.208. The number of benzene rings is 1. The number of piperidine rings is 1. The molecule has 1 fully saturated rings. The first kappa shape index (κ1) is 12.4. The summed E-state index contributed by atoms with van der Waals surface area (Å²) >= 11 is 0. The average Bonchev–Trinajstić information content (AvgIpc) is 2.33. The Labute approximate surface area is 105 Å². The van der Waals surface area contributed by atoms with Crippen LogP contribution in [0, 0.1) is 12.8 Å². The Morgan fingerprint density at radius 3 is 2.35 bits per heavy atom. The molecule has 1 aliphatic heterocycles. The lowest BCUT2D eigenvalue weighted by atomic mass is 9.90. The van der Waals surface area contributed by atoms with Crippen molar-refractivity contribution in [1.82, 2.24) is 4.90 Å². The van der Waals surface area contributed by atoms with Gasteiger partial charge in [0.25, 0.3) is 0 Å². The third-order valence-electron chi connectivity index (χ3n) is 3.92. The Morgan fingerprint density at radius 2 is 1.76 bits per heavy atom. The van der Waals surface area contributed by atoms with Crippen LogP contribution in [0.1, 0.15) is 25.3 Å². The fourth-order valence-corrected chi connectivity index (χ4v) is 2.56. The number of anilines is 1. The Morgan fingerprint density at radius 1 is 1.18 bits per heavy atom. The van der Waals surface area contributed by atoms with Crippen LogP contribution in [-0.4, -0.2) is 31.1 Å². The van der Waals surface area contributed by atoms with Crippen LogP contribution in [-0.2, 0) is 0 Å². The topological polar surface area (TPSA) is 15.3 Å². The summed E-state index contributed by atoms with van der Waals surface area (Å²) in [4.78, 5) is 2.43. The van der Waals surface area contributed by atoms with Crippen LogP contribution in [0.2, 0.25) is 0 Å². The minimum absolute atomic E-state index is 0.575. The van der Waals surface area contributed by atoms with E-state index in [-0.39, 0.29) is 0 Å². The fraction of sp³-hybridized carbons (Fsp3) is 0.600. The average molecular weight is 232 g/mol.